The monoisotopic (exact) mass is 221 g/mol. The second-order valence-corrected chi connectivity index (χ2v) is 4.15. The maximum Gasteiger partial charge on any atom is 0.255 e. The standard InChI is InChI=1S/C12H15NO3/c1-8(14)9-4-6-10(7-5-9)13-11(15)12(2,3)16/h4-7,16H,1-3H3,(H,13,15). The zero-order valence-electron chi connectivity index (χ0n) is 9.57. The molecule has 0 aliphatic heterocycles. The van der Waals surface area contributed by atoms with Crippen molar-refractivity contribution < 1.29 is 14.7 Å². The molecule has 0 radical (unpaired) electrons. The second-order valence-electron chi connectivity index (χ2n) is 4.15. The molecule has 0 heterocycles. The second kappa shape index (κ2) is 4.45. The minimum Gasteiger partial charge on any atom is -0.381 e. The van der Waals surface area contributed by atoms with E-state index >= 15 is 0 Å². The van der Waals surface area contributed by atoms with Gasteiger partial charge in [-0.1, -0.05) is 0 Å². The van der Waals surface area contributed by atoms with Gasteiger partial charge in [0.1, 0.15) is 5.60 Å². The van der Waals surface area contributed by atoms with Crippen molar-refractivity contribution in [2.75, 3.05) is 5.32 Å². The van der Waals surface area contributed by atoms with E-state index in [0.717, 1.165) is 0 Å². The molecule has 1 rings (SSSR count). The fourth-order valence-corrected chi connectivity index (χ4v) is 1.07. The van der Waals surface area contributed by atoms with Gasteiger partial charge in [-0.15, -0.1) is 0 Å². The summed E-state index contributed by atoms with van der Waals surface area (Å²) in [6.45, 7) is 4.29. The largest absolute Gasteiger partial charge is 0.381 e. The summed E-state index contributed by atoms with van der Waals surface area (Å²) in [4.78, 5) is 22.4. The Morgan fingerprint density at radius 3 is 2.06 bits per heavy atom. The number of benzene rings is 1. The molecule has 4 heteroatoms. The first-order valence-electron chi connectivity index (χ1n) is 4.95. The van der Waals surface area contributed by atoms with E-state index in [1.54, 1.807) is 24.3 Å². The van der Waals surface area contributed by atoms with Crippen LogP contribution in [0.15, 0.2) is 24.3 Å². The summed E-state index contributed by atoms with van der Waals surface area (Å²) < 4.78 is 0. The molecule has 0 unspecified atom stereocenters. The lowest BCUT2D eigenvalue weighted by atomic mass is 10.1. The predicted molar refractivity (Wildman–Crippen MR) is 61.4 cm³/mol. The molecule has 0 aliphatic rings. The quantitative estimate of drug-likeness (QED) is 0.762. The Morgan fingerprint density at radius 1 is 1.19 bits per heavy atom. The van der Waals surface area contributed by atoms with Gasteiger partial charge in [-0.05, 0) is 45.0 Å². The number of aliphatic hydroxyl groups is 1. The van der Waals surface area contributed by atoms with E-state index in [4.69, 9.17) is 0 Å². The first-order chi connectivity index (χ1) is 7.30. The highest BCUT2D eigenvalue weighted by molar-refractivity contribution is 5.98. The number of carbonyl (C=O) groups excluding carboxylic acids is 2. The first kappa shape index (κ1) is 12.4. The number of nitrogens with one attached hydrogen (secondary N) is 1. The van der Waals surface area contributed by atoms with Crippen molar-refractivity contribution >= 4 is 17.4 Å². The number of Topliss-reactive ketones (excluding diaryl/α,β-unsaturated/α-hetero) is 1. The van der Waals surface area contributed by atoms with Crippen molar-refractivity contribution in [3.63, 3.8) is 0 Å². The van der Waals surface area contributed by atoms with E-state index in [2.05, 4.69) is 5.32 Å². The highest BCUT2D eigenvalue weighted by Gasteiger charge is 2.23. The lowest BCUT2D eigenvalue weighted by molar-refractivity contribution is -0.130. The van der Waals surface area contributed by atoms with Crippen LogP contribution in [0.5, 0.6) is 0 Å². The molecule has 0 atom stereocenters. The number of ketones is 1. The summed E-state index contributed by atoms with van der Waals surface area (Å²) in [5, 5.41) is 12.0. The predicted octanol–water partition coefficient (Wildman–Crippen LogP) is 1.60. The van der Waals surface area contributed by atoms with Gasteiger partial charge in [-0.3, -0.25) is 9.59 Å². The molecule has 0 bridgehead atoms. The summed E-state index contributed by atoms with van der Waals surface area (Å²) >= 11 is 0. The molecule has 0 fully saturated rings. The van der Waals surface area contributed by atoms with Gasteiger partial charge in [0.25, 0.3) is 5.91 Å². The highest BCUT2D eigenvalue weighted by atomic mass is 16.3. The molecule has 86 valence electrons. The van der Waals surface area contributed by atoms with E-state index in [1.807, 2.05) is 0 Å². The fourth-order valence-electron chi connectivity index (χ4n) is 1.07. The number of carbonyl (C=O) groups is 2. The van der Waals surface area contributed by atoms with Crippen LogP contribution in [0.3, 0.4) is 0 Å². The molecule has 16 heavy (non-hydrogen) atoms. The van der Waals surface area contributed by atoms with Crippen LogP contribution in [0.25, 0.3) is 0 Å². The Morgan fingerprint density at radius 2 is 1.69 bits per heavy atom. The third-order valence-electron chi connectivity index (χ3n) is 2.10. The maximum atomic E-state index is 11.4. The van der Waals surface area contributed by atoms with Crippen molar-refractivity contribution in [1.29, 1.82) is 0 Å². The Kier molecular flexibility index (Phi) is 3.44. The molecule has 0 aromatic heterocycles. The van der Waals surface area contributed by atoms with E-state index in [0.29, 0.717) is 11.3 Å². The molecule has 4 nitrogen and oxygen atoms in total. The van der Waals surface area contributed by atoms with E-state index < -0.39 is 11.5 Å². The van der Waals surface area contributed by atoms with Crippen molar-refractivity contribution in [3.05, 3.63) is 29.8 Å². The van der Waals surface area contributed by atoms with Crippen molar-refractivity contribution in [1.82, 2.24) is 0 Å². The SMILES string of the molecule is CC(=O)c1ccc(NC(=O)C(C)(C)O)cc1. The van der Waals surface area contributed by atoms with E-state index in [9.17, 15) is 14.7 Å². The fraction of sp³-hybridized carbons (Fsp3) is 0.333. The normalized spacial score (nSPS) is 11.0. The molecule has 1 aromatic rings. The summed E-state index contributed by atoms with van der Waals surface area (Å²) in [7, 11) is 0. The summed E-state index contributed by atoms with van der Waals surface area (Å²) in [5.74, 6) is -0.511. The Bertz CT molecular complexity index is 401. The molecule has 1 amide bonds. The van der Waals surface area contributed by atoms with Crippen LogP contribution >= 0.6 is 0 Å². The van der Waals surface area contributed by atoms with Crippen molar-refractivity contribution in [3.8, 4) is 0 Å². The van der Waals surface area contributed by atoms with Gasteiger partial charge in [0.15, 0.2) is 5.78 Å². The molecule has 0 spiro atoms. The van der Waals surface area contributed by atoms with Crippen LogP contribution in [0.2, 0.25) is 0 Å². The van der Waals surface area contributed by atoms with E-state index in [1.165, 1.54) is 20.8 Å². The zero-order chi connectivity index (χ0) is 12.3. The minimum atomic E-state index is -1.42. The highest BCUT2D eigenvalue weighted by Crippen LogP contribution is 2.12. The molecular weight excluding hydrogens is 206 g/mol. The van der Waals surface area contributed by atoms with Crippen molar-refractivity contribution in [2.45, 2.75) is 26.4 Å². The Hall–Kier alpha value is -1.68. The van der Waals surface area contributed by atoms with Crippen LogP contribution in [0, 0.1) is 0 Å². The number of rotatable bonds is 3. The average molecular weight is 221 g/mol. The van der Waals surface area contributed by atoms with Gasteiger partial charge in [0.05, 0.1) is 0 Å². The number of hydrogen-bond donors (Lipinski definition) is 2. The lowest BCUT2D eigenvalue weighted by Gasteiger charge is -2.16. The minimum absolute atomic E-state index is 0.0274. The van der Waals surface area contributed by atoms with Crippen LogP contribution in [0.4, 0.5) is 5.69 Å². The van der Waals surface area contributed by atoms with Gasteiger partial charge in [0.2, 0.25) is 0 Å². The third kappa shape index (κ3) is 3.17. The van der Waals surface area contributed by atoms with Gasteiger partial charge < -0.3 is 10.4 Å². The lowest BCUT2D eigenvalue weighted by Crippen LogP contribution is -2.36. The van der Waals surface area contributed by atoms with Crippen LogP contribution < -0.4 is 5.32 Å². The first-order valence-corrected chi connectivity index (χ1v) is 4.95. The van der Waals surface area contributed by atoms with E-state index in [-0.39, 0.29) is 5.78 Å². The van der Waals surface area contributed by atoms with Gasteiger partial charge in [-0.2, -0.15) is 0 Å². The summed E-state index contributed by atoms with van der Waals surface area (Å²) in [6, 6.07) is 6.51. The number of anilines is 1. The van der Waals surface area contributed by atoms with Crippen LogP contribution in [-0.2, 0) is 4.79 Å². The number of hydrogen-bond acceptors (Lipinski definition) is 3. The molecule has 0 saturated heterocycles. The van der Waals surface area contributed by atoms with Gasteiger partial charge in [-0.25, -0.2) is 0 Å². The third-order valence-corrected chi connectivity index (χ3v) is 2.10. The van der Waals surface area contributed by atoms with Crippen LogP contribution in [0.1, 0.15) is 31.1 Å². The van der Waals surface area contributed by atoms with Gasteiger partial charge >= 0.3 is 0 Å². The maximum absolute atomic E-state index is 11.4. The zero-order valence-corrected chi connectivity index (χ0v) is 9.57. The molecular formula is C12H15NO3. The topological polar surface area (TPSA) is 66.4 Å². The van der Waals surface area contributed by atoms with Crippen molar-refractivity contribution in [2.24, 2.45) is 0 Å². The Labute approximate surface area is 94.3 Å². The van der Waals surface area contributed by atoms with Crippen LogP contribution in [-0.4, -0.2) is 22.4 Å². The Balaban J connectivity index is 2.77. The number of amides is 1. The van der Waals surface area contributed by atoms with Gasteiger partial charge in [0, 0.05) is 11.3 Å². The smallest absolute Gasteiger partial charge is 0.255 e. The molecule has 1 aromatic carbocycles. The molecule has 2 N–H and O–H groups in total. The molecule has 0 saturated carbocycles. The summed E-state index contributed by atoms with van der Waals surface area (Å²) in [6.07, 6.45) is 0. The average Bonchev–Trinajstić information content (AvgIpc) is 2.17. The molecule has 0 aliphatic carbocycles. The summed E-state index contributed by atoms with van der Waals surface area (Å²) in [5.41, 5.74) is -0.280.